The molecule has 1 N–H and O–H groups in total. The minimum atomic E-state index is -3.75. The Labute approximate surface area is 130 Å². The van der Waals surface area contributed by atoms with E-state index in [0.29, 0.717) is 5.69 Å². The van der Waals surface area contributed by atoms with E-state index < -0.39 is 10.0 Å². The lowest BCUT2D eigenvalue weighted by Gasteiger charge is -2.29. The maximum Gasteiger partial charge on any atom is 0.281 e. The van der Waals surface area contributed by atoms with Gasteiger partial charge in [0, 0.05) is 0 Å². The second kappa shape index (κ2) is 6.10. The first kappa shape index (κ1) is 15.1. The average Bonchev–Trinajstić information content (AvgIpc) is 2.93. The molecule has 1 aliphatic carbocycles. The van der Waals surface area contributed by atoms with Gasteiger partial charge in [0.05, 0.1) is 31.1 Å². The largest absolute Gasteiger partial charge is 0.394 e. The first-order chi connectivity index (χ1) is 10.6. The predicted octanol–water partition coefficient (Wildman–Crippen LogP) is 1.80. The second-order valence-electron chi connectivity index (χ2n) is 5.34. The number of hydrogen-bond acceptors (Lipinski definition) is 4. The Morgan fingerprint density at radius 1 is 1.23 bits per heavy atom. The van der Waals surface area contributed by atoms with E-state index in [4.69, 9.17) is 0 Å². The lowest BCUT2D eigenvalue weighted by Crippen LogP contribution is -2.36. The zero-order valence-electron chi connectivity index (χ0n) is 12.2. The molecule has 118 valence electrons. The normalized spacial score (nSPS) is 15.5. The number of sulfonamides is 1. The van der Waals surface area contributed by atoms with Crippen molar-refractivity contribution in [3.05, 3.63) is 42.6 Å². The SMILES string of the molecule is O=S(=O)(c1ccnn1C1CCC1)N(CCO)c1ccccc1. The lowest BCUT2D eigenvalue weighted by molar-refractivity contribution is 0.270. The Morgan fingerprint density at radius 2 is 1.95 bits per heavy atom. The molecule has 22 heavy (non-hydrogen) atoms. The lowest BCUT2D eigenvalue weighted by atomic mass is 9.93. The number of aliphatic hydroxyl groups excluding tert-OH is 1. The molecule has 1 saturated carbocycles. The van der Waals surface area contributed by atoms with Crippen molar-refractivity contribution in [1.82, 2.24) is 9.78 Å². The van der Waals surface area contributed by atoms with Crippen LogP contribution >= 0.6 is 0 Å². The number of anilines is 1. The molecular formula is C15H19N3O3S. The molecule has 0 radical (unpaired) electrons. The molecule has 2 aromatic rings. The van der Waals surface area contributed by atoms with Gasteiger partial charge in [-0.25, -0.2) is 4.68 Å². The van der Waals surface area contributed by atoms with E-state index in [0.717, 1.165) is 19.3 Å². The minimum Gasteiger partial charge on any atom is -0.394 e. The first-order valence-electron chi connectivity index (χ1n) is 7.37. The van der Waals surface area contributed by atoms with Crippen molar-refractivity contribution < 1.29 is 13.5 Å². The number of benzene rings is 1. The zero-order valence-corrected chi connectivity index (χ0v) is 13.0. The summed E-state index contributed by atoms with van der Waals surface area (Å²) in [4.78, 5) is 0. The summed E-state index contributed by atoms with van der Waals surface area (Å²) in [6.45, 7) is -0.228. The molecule has 1 heterocycles. The summed E-state index contributed by atoms with van der Waals surface area (Å²) in [6, 6.07) is 10.5. The third-order valence-corrected chi connectivity index (χ3v) is 5.78. The van der Waals surface area contributed by atoms with E-state index in [2.05, 4.69) is 5.10 Å². The molecule has 1 aliphatic rings. The average molecular weight is 321 g/mol. The van der Waals surface area contributed by atoms with Gasteiger partial charge in [0.1, 0.15) is 0 Å². The van der Waals surface area contributed by atoms with Crippen molar-refractivity contribution in [2.75, 3.05) is 17.5 Å². The first-order valence-corrected chi connectivity index (χ1v) is 8.81. The Kier molecular flexibility index (Phi) is 4.17. The van der Waals surface area contributed by atoms with Crippen molar-refractivity contribution >= 4 is 15.7 Å². The molecule has 0 atom stereocenters. The van der Waals surface area contributed by atoms with Gasteiger partial charge in [0.25, 0.3) is 10.0 Å². The summed E-state index contributed by atoms with van der Waals surface area (Å²) < 4.78 is 28.8. The van der Waals surface area contributed by atoms with Gasteiger partial charge in [0.15, 0.2) is 5.03 Å². The third-order valence-electron chi connectivity index (χ3n) is 3.96. The van der Waals surface area contributed by atoms with Crippen LogP contribution in [0.1, 0.15) is 25.3 Å². The molecule has 6 nitrogen and oxygen atoms in total. The standard InChI is InChI=1S/C15H19N3O3S/c19-12-11-17(13-5-2-1-3-6-13)22(20,21)15-9-10-16-18(15)14-7-4-8-14/h1-3,5-6,9-10,14,19H,4,7-8,11-12H2. The highest BCUT2D eigenvalue weighted by molar-refractivity contribution is 7.92. The monoisotopic (exact) mass is 321 g/mol. The van der Waals surface area contributed by atoms with Gasteiger partial charge in [0.2, 0.25) is 0 Å². The van der Waals surface area contributed by atoms with Gasteiger partial charge in [-0.05, 0) is 37.5 Å². The number of aliphatic hydroxyl groups is 1. The smallest absolute Gasteiger partial charge is 0.281 e. The van der Waals surface area contributed by atoms with E-state index in [1.807, 2.05) is 6.07 Å². The van der Waals surface area contributed by atoms with Gasteiger partial charge >= 0.3 is 0 Å². The van der Waals surface area contributed by atoms with Crippen LogP contribution in [0.3, 0.4) is 0 Å². The van der Waals surface area contributed by atoms with E-state index in [-0.39, 0.29) is 24.2 Å². The van der Waals surface area contributed by atoms with Crippen molar-refractivity contribution in [1.29, 1.82) is 0 Å². The molecule has 0 spiro atoms. The summed E-state index contributed by atoms with van der Waals surface area (Å²) in [5.74, 6) is 0. The Hall–Kier alpha value is -1.86. The fourth-order valence-corrected chi connectivity index (χ4v) is 4.21. The molecule has 1 aromatic carbocycles. The van der Waals surface area contributed by atoms with E-state index >= 15 is 0 Å². The highest BCUT2D eigenvalue weighted by atomic mass is 32.2. The molecule has 0 bridgehead atoms. The molecule has 0 unspecified atom stereocenters. The van der Waals surface area contributed by atoms with Crippen molar-refractivity contribution in [3.63, 3.8) is 0 Å². The van der Waals surface area contributed by atoms with Crippen LogP contribution in [0.2, 0.25) is 0 Å². The van der Waals surface area contributed by atoms with Crippen molar-refractivity contribution in [2.45, 2.75) is 30.3 Å². The molecule has 0 saturated heterocycles. The van der Waals surface area contributed by atoms with E-state index in [9.17, 15) is 13.5 Å². The summed E-state index contributed by atoms with van der Waals surface area (Å²) in [5.41, 5.74) is 0.540. The van der Waals surface area contributed by atoms with Gasteiger partial charge < -0.3 is 5.11 Å². The van der Waals surface area contributed by atoms with Gasteiger partial charge in [-0.15, -0.1) is 0 Å². The van der Waals surface area contributed by atoms with E-state index in [1.54, 1.807) is 28.9 Å². The van der Waals surface area contributed by atoms with E-state index in [1.165, 1.54) is 16.6 Å². The number of nitrogens with zero attached hydrogens (tertiary/aromatic N) is 3. The summed E-state index contributed by atoms with van der Waals surface area (Å²) in [7, 11) is -3.75. The van der Waals surface area contributed by atoms with Crippen LogP contribution in [-0.4, -0.2) is 36.5 Å². The number of hydrogen-bond donors (Lipinski definition) is 1. The molecule has 0 amide bonds. The summed E-state index contributed by atoms with van der Waals surface area (Å²) in [5, 5.41) is 13.6. The predicted molar refractivity (Wildman–Crippen MR) is 83.2 cm³/mol. The second-order valence-corrected chi connectivity index (χ2v) is 7.14. The molecule has 0 aliphatic heterocycles. The maximum atomic E-state index is 13.0. The molecule has 7 heteroatoms. The van der Waals surface area contributed by atoms with Crippen LogP contribution in [-0.2, 0) is 10.0 Å². The summed E-state index contributed by atoms with van der Waals surface area (Å²) >= 11 is 0. The van der Waals surface area contributed by atoms with Crippen molar-refractivity contribution in [2.24, 2.45) is 0 Å². The minimum absolute atomic E-state index is 0.0161. The van der Waals surface area contributed by atoms with Crippen LogP contribution < -0.4 is 4.31 Å². The molecule has 1 aromatic heterocycles. The third kappa shape index (κ3) is 2.62. The Balaban J connectivity index is 2.01. The quantitative estimate of drug-likeness (QED) is 0.880. The van der Waals surface area contributed by atoms with Crippen LogP contribution in [0, 0.1) is 0 Å². The number of para-hydroxylation sites is 1. The Bertz CT molecular complexity index is 724. The Morgan fingerprint density at radius 3 is 2.55 bits per heavy atom. The highest BCUT2D eigenvalue weighted by Crippen LogP contribution is 2.34. The fraction of sp³-hybridized carbons (Fsp3) is 0.400. The number of aromatic nitrogens is 2. The zero-order chi connectivity index (χ0) is 15.6. The molecule has 1 fully saturated rings. The van der Waals surface area contributed by atoms with Gasteiger partial charge in [-0.2, -0.15) is 13.5 Å². The maximum absolute atomic E-state index is 13.0. The van der Waals surface area contributed by atoms with Crippen LogP contribution in [0.25, 0.3) is 0 Å². The van der Waals surface area contributed by atoms with Crippen LogP contribution in [0.5, 0.6) is 0 Å². The summed E-state index contributed by atoms with van der Waals surface area (Å²) in [6.07, 6.45) is 4.53. The van der Waals surface area contributed by atoms with Gasteiger partial charge in [-0.1, -0.05) is 18.2 Å². The molecule has 3 rings (SSSR count). The number of rotatable bonds is 6. The van der Waals surface area contributed by atoms with Crippen LogP contribution in [0.15, 0.2) is 47.6 Å². The highest BCUT2D eigenvalue weighted by Gasteiger charge is 2.32. The topological polar surface area (TPSA) is 75.4 Å². The fourth-order valence-electron chi connectivity index (χ4n) is 2.60. The van der Waals surface area contributed by atoms with Gasteiger partial charge in [-0.3, -0.25) is 4.31 Å². The molecular weight excluding hydrogens is 302 g/mol. The van der Waals surface area contributed by atoms with Crippen molar-refractivity contribution in [3.8, 4) is 0 Å². The van der Waals surface area contributed by atoms with Crippen LogP contribution in [0.4, 0.5) is 5.69 Å².